The van der Waals surface area contributed by atoms with Gasteiger partial charge >= 0.3 is 6.18 Å². The predicted octanol–water partition coefficient (Wildman–Crippen LogP) is 2.82. The normalized spacial score (nSPS) is 20.7. The minimum absolute atomic E-state index is 0.0220. The fourth-order valence-electron chi connectivity index (χ4n) is 3.67. The van der Waals surface area contributed by atoms with Crippen LogP contribution >= 0.6 is 0 Å². The van der Waals surface area contributed by atoms with Crippen LogP contribution in [0.2, 0.25) is 0 Å². The Bertz CT molecular complexity index is 900. The first-order chi connectivity index (χ1) is 13.7. The van der Waals surface area contributed by atoms with Crippen molar-refractivity contribution in [3.8, 4) is 11.3 Å². The van der Waals surface area contributed by atoms with E-state index in [0.717, 1.165) is 25.4 Å². The number of nitrogens with zero attached hydrogens (tertiary/aromatic N) is 5. The minimum atomic E-state index is -4.57. The number of hydrogen-bond donors (Lipinski definition) is 1. The second-order valence-corrected chi connectivity index (χ2v) is 7.69. The highest BCUT2D eigenvalue weighted by Gasteiger charge is 2.36. The summed E-state index contributed by atoms with van der Waals surface area (Å²) >= 11 is 0. The molecule has 29 heavy (non-hydrogen) atoms. The molecular weight excluding hydrogens is 385 g/mol. The number of alkyl halides is 3. The first-order valence-electron chi connectivity index (χ1n) is 9.54. The molecule has 2 aromatic rings. The monoisotopic (exact) mass is 408 g/mol. The van der Waals surface area contributed by atoms with Crippen LogP contribution in [0.3, 0.4) is 0 Å². The smallest absolute Gasteiger partial charge is 0.384 e. The van der Waals surface area contributed by atoms with Gasteiger partial charge in [-0.15, -0.1) is 0 Å². The summed E-state index contributed by atoms with van der Waals surface area (Å²) in [6.07, 6.45) is -3.44. The van der Waals surface area contributed by atoms with Gasteiger partial charge in [0, 0.05) is 37.5 Å². The van der Waals surface area contributed by atoms with E-state index in [1.807, 2.05) is 16.7 Å². The Labute approximate surface area is 166 Å². The van der Waals surface area contributed by atoms with E-state index in [4.69, 9.17) is 10.5 Å². The Kier molecular flexibility index (Phi) is 4.97. The summed E-state index contributed by atoms with van der Waals surface area (Å²) in [6, 6.07) is 2.47. The van der Waals surface area contributed by atoms with E-state index in [9.17, 15) is 13.2 Å². The summed E-state index contributed by atoms with van der Waals surface area (Å²) in [5.74, 6) is 1.35. The van der Waals surface area contributed by atoms with Crippen LogP contribution in [-0.2, 0) is 10.9 Å². The molecule has 4 rings (SSSR count). The van der Waals surface area contributed by atoms with Gasteiger partial charge in [0.05, 0.1) is 30.5 Å². The molecule has 0 radical (unpaired) electrons. The molecule has 0 unspecified atom stereocenters. The summed E-state index contributed by atoms with van der Waals surface area (Å²) in [6.45, 7) is 7.32. The standard InChI is InChI=1S/C19H23F3N6O/c1-11-8-27(9-11)17-6-15(13-7-24-16(23)5-14(13)19(20,21)22)25-18(26-17)28-3-4-29-10-12(28)2/h5-7,11-12H,3-4,8-10H2,1-2H3,(H2,23,24)/t12-/m1/s1. The number of hydrogen-bond acceptors (Lipinski definition) is 7. The summed E-state index contributed by atoms with van der Waals surface area (Å²) < 4.78 is 46.4. The third-order valence-corrected chi connectivity index (χ3v) is 5.22. The lowest BCUT2D eigenvalue weighted by Crippen LogP contribution is -2.47. The number of nitrogens with two attached hydrogens (primary N) is 1. The lowest BCUT2D eigenvalue weighted by Gasteiger charge is -2.39. The van der Waals surface area contributed by atoms with E-state index in [0.29, 0.717) is 37.4 Å². The van der Waals surface area contributed by atoms with Crippen LogP contribution in [0.25, 0.3) is 11.3 Å². The molecule has 2 aliphatic rings. The van der Waals surface area contributed by atoms with E-state index in [-0.39, 0.29) is 23.1 Å². The highest BCUT2D eigenvalue weighted by Crippen LogP contribution is 2.38. The Hall–Kier alpha value is -2.62. The number of nitrogen functional groups attached to an aromatic ring is 1. The van der Waals surface area contributed by atoms with Crippen molar-refractivity contribution in [2.75, 3.05) is 48.4 Å². The average Bonchev–Trinajstić information content (AvgIpc) is 2.65. The van der Waals surface area contributed by atoms with Gasteiger partial charge in [-0.3, -0.25) is 0 Å². The van der Waals surface area contributed by atoms with Crippen molar-refractivity contribution in [1.82, 2.24) is 15.0 Å². The van der Waals surface area contributed by atoms with Gasteiger partial charge in [0.1, 0.15) is 11.6 Å². The number of morpholine rings is 1. The van der Waals surface area contributed by atoms with Crippen LogP contribution in [0.5, 0.6) is 0 Å². The van der Waals surface area contributed by atoms with Crippen LogP contribution in [0.15, 0.2) is 18.3 Å². The SMILES string of the molecule is CC1CN(c2cc(-c3cnc(N)cc3C(F)(F)F)nc(N3CCOC[C@H]3C)n2)C1. The van der Waals surface area contributed by atoms with Gasteiger partial charge in [-0.05, 0) is 18.9 Å². The van der Waals surface area contributed by atoms with Crippen molar-refractivity contribution < 1.29 is 17.9 Å². The molecule has 0 aliphatic carbocycles. The van der Waals surface area contributed by atoms with Gasteiger partial charge in [0.15, 0.2) is 0 Å². The zero-order valence-electron chi connectivity index (χ0n) is 16.3. The van der Waals surface area contributed by atoms with E-state index in [1.54, 1.807) is 6.07 Å². The third-order valence-electron chi connectivity index (χ3n) is 5.22. The van der Waals surface area contributed by atoms with Gasteiger partial charge in [-0.25, -0.2) is 9.97 Å². The Balaban J connectivity index is 1.83. The molecule has 0 spiro atoms. The summed E-state index contributed by atoms with van der Waals surface area (Å²) in [5, 5.41) is 0. The molecule has 2 fully saturated rings. The summed E-state index contributed by atoms with van der Waals surface area (Å²) in [7, 11) is 0. The maximum Gasteiger partial charge on any atom is 0.417 e. The molecule has 2 aliphatic heterocycles. The highest BCUT2D eigenvalue weighted by molar-refractivity contribution is 5.69. The van der Waals surface area contributed by atoms with Gasteiger partial charge in [-0.2, -0.15) is 18.2 Å². The molecule has 0 amide bonds. The molecule has 0 aromatic carbocycles. The number of halogens is 3. The second-order valence-electron chi connectivity index (χ2n) is 7.69. The number of ether oxygens (including phenoxy) is 1. The largest absolute Gasteiger partial charge is 0.417 e. The maximum atomic E-state index is 13.7. The topological polar surface area (TPSA) is 80.4 Å². The van der Waals surface area contributed by atoms with E-state index in [2.05, 4.69) is 21.9 Å². The van der Waals surface area contributed by atoms with Crippen molar-refractivity contribution in [1.29, 1.82) is 0 Å². The van der Waals surface area contributed by atoms with Gasteiger partial charge in [0.25, 0.3) is 0 Å². The van der Waals surface area contributed by atoms with Crippen LogP contribution < -0.4 is 15.5 Å². The lowest BCUT2D eigenvalue weighted by atomic mass is 10.0. The molecule has 2 aromatic heterocycles. The zero-order chi connectivity index (χ0) is 20.8. The van der Waals surface area contributed by atoms with Crippen molar-refractivity contribution in [3.63, 3.8) is 0 Å². The van der Waals surface area contributed by atoms with Crippen LogP contribution in [0.4, 0.5) is 30.8 Å². The van der Waals surface area contributed by atoms with E-state index >= 15 is 0 Å². The van der Waals surface area contributed by atoms with E-state index in [1.165, 1.54) is 0 Å². The summed E-state index contributed by atoms with van der Waals surface area (Å²) in [5.41, 5.74) is 4.74. The molecule has 4 heterocycles. The number of pyridine rings is 1. The minimum Gasteiger partial charge on any atom is -0.384 e. The average molecular weight is 408 g/mol. The van der Waals surface area contributed by atoms with Gasteiger partial charge < -0.3 is 20.3 Å². The van der Waals surface area contributed by atoms with E-state index < -0.39 is 11.7 Å². The second kappa shape index (κ2) is 7.33. The number of anilines is 3. The maximum absolute atomic E-state index is 13.7. The Morgan fingerprint density at radius 1 is 1.17 bits per heavy atom. The summed E-state index contributed by atoms with van der Waals surface area (Å²) in [4.78, 5) is 17.0. The highest BCUT2D eigenvalue weighted by atomic mass is 19.4. The molecule has 7 nitrogen and oxygen atoms in total. The predicted molar refractivity (Wildman–Crippen MR) is 104 cm³/mol. The van der Waals surface area contributed by atoms with Crippen molar-refractivity contribution in [2.24, 2.45) is 5.92 Å². The third kappa shape index (κ3) is 3.93. The first kappa shape index (κ1) is 19.7. The van der Waals surface area contributed by atoms with Crippen LogP contribution in [0, 0.1) is 5.92 Å². The Morgan fingerprint density at radius 2 is 1.93 bits per heavy atom. The van der Waals surface area contributed by atoms with Crippen LogP contribution in [-0.4, -0.2) is 53.8 Å². The molecule has 0 bridgehead atoms. The lowest BCUT2D eigenvalue weighted by molar-refractivity contribution is -0.137. The molecule has 156 valence electrons. The fourth-order valence-corrected chi connectivity index (χ4v) is 3.67. The quantitative estimate of drug-likeness (QED) is 0.837. The number of rotatable bonds is 3. The van der Waals surface area contributed by atoms with Crippen molar-refractivity contribution in [3.05, 3.63) is 23.9 Å². The molecule has 0 saturated carbocycles. The van der Waals surface area contributed by atoms with Gasteiger partial charge in [-0.1, -0.05) is 6.92 Å². The Morgan fingerprint density at radius 3 is 2.59 bits per heavy atom. The number of aromatic nitrogens is 3. The molecule has 1 atom stereocenters. The first-order valence-corrected chi connectivity index (χ1v) is 9.54. The van der Waals surface area contributed by atoms with Crippen LogP contribution in [0.1, 0.15) is 19.4 Å². The molecule has 2 saturated heterocycles. The zero-order valence-corrected chi connectivity index (χ0v) is 16.3. The van der Waals surface area contributed by atoms with Gasteiger partial charge in [0.2, 0.25) is 5.95 Å². The van der Waals surface area contributed by atoms with Crippen molar-refractivity contribution >= 4 is 17.6 Å². The molecule has 2 N–H and O–H groups in total. The fraction of sp³-hybridized carbons (Fsp3) is 0.526. The molecule has 10 heteroatoms. The van der Waals surface area contributed by atoms with Crippen molar-refractivity contribution in [2.45, 2.75) is 26.1 Å². The molecular formula is C19H23F3N6O.